The molecule has 5 heteroatoms. The van der Waals surface area contributed by atoms with Gasteiger partial charge in [-0.15, -0.1) is 0 Å². The minimum Gasteiger partial charge on any atom is -0.506 e. The van der Waals surface area contributed by atoms with Crippen LogP contribution in [0.3, 0.4) is 0 Å². The zero-order chi connectivity index (χ0) is 12.3. The smallest absolute Gasteiger partial charge is 0.262 e. The van der Waals surface area contributed by atoms with Crippen LogP contribution in [0.4, 0.5) is 5.69 Å². The highest BCUT2D eigenvalue weighted by molar-refractivity contribution is 7.92. The van der Waals surface area contributed by atoms with Crippen LogP contribution in [0.1, 0.15) is 0 Å². The Morgan fingerprint density at radius 3 is 2.47 bits per heavy atom. The molecule has 0 heterocycles. The van der Waals surface area contributed by atoms with Gasteiger partial charge in [0.15, 0.2) is 0 Å². The molecule has 4 nitrogen and oxygen atoms in total. The molecule has 2 rings (SSSR count). The van der Waals surface area contributed by atoms with Crippen LogP contribution in [0.2, 0.25) is 0 Å². The third kappa shape index (κ3) is 2.57. The lowest BCUT2D eigenvalue weighted by Gasteiger charge is -2.08. The van der Waals surface area contributed by atoms with E-state index in [9.17, 15) is 13.5 Å². The summed E-state index contributed by atoms with van der Waals surface area (Å²) in [7, 11) is -3.66. The van der Waals surface area contributed by atoms with E-state index in [1.54, 1.807) is 18.2 Å². The minimum absolute atomic E-state index is 0.132. The summed E-state index contributed by atoms with van der Waals surface area (Å²) in [6.45, 7) is 0. The van der Waals surface area contributed by atoms with E-state index in [4.69, 9.17) is 0 Å². The van der Waals surface area contributed by atoms with Gasteiger partial charge in [0, 0.05) is 0 Å². The van der Waals surface area contributed by atoms with E-state index in [-0.39, 0.29) is 16.3 Å². The van der Waals surface area contributed by atoms with E-state index in [0.29, 0.717) is 0 Å². The van der Waals surface area contributed by atoms with E-state index in [1.165, 1.54) is 30.3 Å². The second kappa shape index (κ2) is 4.47. The summed E-state index contributed by atoms with van der Waals surface area (Å²) in [5, 5.41) is 9.46. The number of sulfonamides is 1. The third-order valence-electron chi connectivity index (χ3n) is 2.14. The van der Waals surface area contributed by atoms with Crippen LogP contribution in [-0.2, 0) is 10.0 Å². The first-order chi connectivity index (χ1) is 8.09. The van der Waals surface area contributed by atoms with Gasteiger partial charge in [-0.25, -0.2) is 8.42 Å². The number of aromatic hydroxyl groups is 1. The number of rotatable bonds is 3. The van der Waals surface area contributed by atoms with Crippen LogP contribution in [-0.4, -0.2) is 13.5 Å². The fourth-order valence-corrected chi connectivity index (χ4v) is 2.41. The van der Waals surface area contributed by atoms with Crippen molar-refractivity contribution in [3.05, 3.63) is 54.6 Å². The molecule has 0 saturated heterocycles. The van der Waals surface area contributed by atoms with Gasteiger partial charge in [0.2, 0.25) is 0 Å². The zero-order valence-electron chi connectivity index (χ0n) is 8.79. The minimum atomic E-state index is -3.66. The molecule has 0 saturated carbocycles. The topological polar surface area (TPSA) is 66.4 Å². The molecule has 2 N–H and O–H groups in total. The Morgan fingerprint density at radius 2 is 1.82 bits per heavy atom. The van der Waals surface area contributed by atoms with E-state index < -0.39 is 10.0 Å². The molecule has 0 unspecified atom stereocenters. The highest BCUT2D eigenvalue weighted by Crippen LogP contribution is 2.24. The largest absolute Gasteiger partial charge is 0.506 e. The summed E-state index contributed by atoms with van der Waals surface area (Å²) in [4.78, 5) is 0.146. The van der Waals surface area contributed by atoms with Crippen LogP contribution in [0.5, 0.6) is 5.75 Å². The summed E-state index contributed by atoms with van der Waals surface area (Å²) >= 11 is 0. The normalized spacial score (nSPS) is 11.1. The lowest BCUT2D eigenvalue weighted by molar-refractivity contribution is 0.477. The Morgan fingerprint density at radius 1 is 1.12 bits per heavy atom. The van der Waals surface area contributed by atoms with E-state index >= 15 is 0 Å². The number of hydrogen-bond donors (Lipinski definition) is 2. The van der Waals surface area contributed by atoms with E-state index in [2.05, 4.69) is 10.8 Å². The van der Waals surface area contributed by atoms with Crippen LogP contribution >= 0.6 is 0 Å². The van der Waals surface area contributed by atoms with Crippen molar-refractivity contribution in [3.63, 3.8) is 0 Å². The summed E-state index contributed by atoms with van der Waals surface area (Å²) in [5.74, 6) is -0.160. The molecule has 0 aliphatic heterocycles. The van der Waals surface area contributed by atoms with Gasteiger partial charge in [-0.05, 0) is 30.3 Å². The molecule has 0 aliphatic rings. The first-order valence-electron chi connectivity index (χ1n) is 4.86. The summed E-state index contributed by atoms with van der Waals surface area (Å²) in [6.07, 6.45) is 0. The molecule has 0 aromatic heterocycles. The maximum absolute atomic E-state index is 11.9. The Labute approximate surface area is 99.6 Å². The SMILES string of the molecule is O=S(=O)(Nc1cc[c]cc1O)c1ccccc1. The lowest BCUT2D eigenvalue weighted by atomic mass is 10.3. The van der Waals surface area contributed by atoms with Gasteiger partial charge in [-0.3, -0.25) is 4.72 Å². The number of hydrogen-bond acceptors (Lipinski definition) is 3. The molecule has 0 fully saturated rings. The second-order valence-electron chi connectivity index (χ2n) is 3.36. The maximum Gasteiger partial charge on any atom is 0.262 e. The third-order valence-corrected chi connectivity index (χ3v) is 3.52. The number of phenols is 1. The molecule has 17 heavy (non-hydrogen) atoms. The Balaban J connectivity index is 2.34. The van der Waals surface area contributed by atoms with Crippen molar-refractivity contribution in [1.29, 1.82) is 0 Å². The van der Waals surface area contributed by atoms with Gasteiger partial charge in [-0.1, -0.05) is 24.3 Å². The highest BCUT2D eigenvalue weighted by Gasteiger charge is 2.14. The van der Waals surface area contributed by atoms with Crippen LogP contribution in [0, 0.1) is 6.07 Å². The van der Waals surface area contributed by atoms with Crippen molar-refractivity contribution in [2.45, 2.75) is 4.90 Å². The van der Waals surface area contributed by atoms with Crippen molar-refractivity contribution in [3.8, 4) is 5.75 Å². The fourth-order valence-electron chi connectivity index (χ4n) is 1.31. The summed E-state index contributed by atoms with van der Waals surface area (Å²) < 4.78 is 26.1. The Hall–Kier alpha value is -2.01. The number of benzene rings is 2. The Bertz CT molecular complexity index is 609. The van der Waals surface area contributed by atoms with Crippen LogP contribution in [0.15, 0.2) is 53.4 Å². The molecule has 87 valence electrons. The van der Waals surface area contributed by atoms with Gasteiger partial charge in [-0.2, -0.15) is 0 Å². The monoisotopic (exact) mass is 248 g/mol. The standard InChI is InChI=1S/C12H10NO3S/c14-12-9-5-4-8-11(12)13-17(15,16)10-6-2-1-3-7-10/h1-4,6-9,13-14H. The molecule has 0 spiro atoms. The van der Waals surface area contributed by atoms with Crippen molar-refractivity contribution in [1.82, 2.24) is 0 Å². The van der Waals surface area contributed by atoms with Crippen LogP contribution < -0.4 is 4.72 Å². The van der Waals surface area contributed by atoms with Crippen molar-refractivity contribution in [2.24, 2.45) is 0 Å². The molecular formula is C12H10NO3S. The molecule has 1 radical (unpaired) electrons. The average molecular weight is 248 g/mol. The fraction of sp³-hybridized carbons (Fsp3) is 0. The lowest BCUT2D eigenvalue weighted by Crippen LogP contribution is -2.12. The van der Waals surface area contributed by atoms with E-state index in [0.717, 1.165) is 0 Å². The molecule has 0 bridgehead atoms. The van der Waals surface area contributed by atoms with E-state index in [1.807, 2.05) is 0 Å². The number of anilines is 1. The maximum atomic E-state index is 11.9. The first kappa shape index (κ1) is 11.5. The van der Waals surface area contributed by atoms with Crippen LogP contribution in [0.25, 0.3) is 0 Å². The van der Waals surface area contributed by atoms with Crippen molar-refractivity contribution < 1.29 is 13.5 Å². The number of nitrogens with one attached hydrogen (secondary N) is 1. The van der Waals surface area contributed by atoms with Gasteiger partial charge >= 0.3 is 0 Å². The predicted octanol–water partition coefficient (Wildman–Crippen LogP) is 1.99. The van der Waals surface area contributed by atoms with Gasteiger partial charge in [0.1, 0.15) is 5.75 Å². The average Bonchev–Trinajstić information content (AvgIpc) is 2.33. The molecule has 0 amide bonds. The quantitative estimate of drug-likeness (QED) is 0.816. The second-order valence-corrected chi connectivity index (χ2v) is 5.04. The predicted molar refractivity (Wildman–Crippen MR) is 64.2 cm³/mol. The van der Waals surface area contributed by atoms with Gasteiger partial charge in [0.05, 0.1) is 10.6 Å². The highest BCUT2D eigenvalue weighted by atomic mass is 32.2. The zero-order valence-corrected chi connectivity index (χ0v) is 9.61. The summed E-state index contributed by atoms with van der Waals surface area (Å²) in [5.41, 5.74) is 0.132. The Kier molecular flexibility index (Phi) is 3.01. The molecule has 2 aromatic rings. The molecule has 0 atom stereocenters. The van der Waals surface area contributed by atoms with Crippen molar-refractivity contribution in [2.75, 3.05) is 4.72 Å². The molecule has 0 aliphatic carbocycles. The first-order valence-corrected chi connectivity index (χ1v) is 6.35. The summed E-state index contributed by atoms with van der Waals surface area (Å²) in [6, 6.07) is 14.8. The van der Waals surface area contributed by atoms with Gasteiger partial charge in [0.25, 0.3) is 10.0 Å². The molecule has 2 aromatic carbocycles. The van der Waals surface area contributed by atoms with Gasteiger partial charge < -0.3 is 5.11 Å². The van der Waals surface area contributed by atoms with Crippen molar-refractivity contribution >= 4 is 15.7 Å². The number of phenolic OH excluding ortho intramolecular Hbond substituents is 1. The molecular weight excluding hydrogens is 238 g/mol.